The molecule has 0 aliphatic heterocycles. The Kier molecular flexibility index (Phi) is 7.35. The summed E-state index contributed by atoms with van der Waals surface area (Å²) in [6, 6.07) is 3.35. The van der Waals surface area contributed by atoms with Gasteiger partial charge in [0.25, 0.3) is 0 Å². The summed E-state index contributed by atoms with van der Waals surface area (Å²) in [6.45, 7) is 3.80. The standard InChI is InChI=1S/C16H25NO5S/c1-5-6-7-8-23(19,20)11-16(18)17-13-10-15(22-4)14(21-3)9-12(13)2/h9-10H,5-8,11H2,1-4H3,(H,17,18). The van der Waals surface area contributed by atoms with Gasteiger partial charge in [0.2, 0.25) is 5.91 Å². The number of sulfone groups is 1. The van der Waals surface area contributed by atoms with Crippen molar-refractivity contribution in [3.63, 3.8) is 0 Å². The van der Waals surface area contributed by atoms with E-state index in [4.69, 9.17) is 9.47 Å². The lowest BCUT2D eigenvalue weighted by molar-refractivity contribution is -0.113. The first-order valence-electron chi connectivity index (χ1n) is 7.55. The zero-order valence-corrected chi connectivity index (χ0v) is 15.0. The molecule has 1 aromatic carbocycles. The van der Waals surface area contributed by atoms with E-state index in [0.29, 0.717) is 23.6 Å². The fourth-order valence-electron chi connectivity index (χ4n) is 2.15. The van der Waals surface area contributed by atoms with Gasteiger partial charge >= 0.3 is 0 Å². The minimum atomic E-state index is -3.38. The molecule has 6 nitrogen and oxygen atoms in total. The van der Waals surface area contributed by atoms with Gasteiger partial charge < -0.3 is 14.8 Å². The molecule has 0 bridgehead atoms. The molecule has 130 valence electrons. The molecule has 23 heavy (non-hydrogen) atoms. The van der Waals surface area contributed by atoms with E-state index in [1.165, 1.54) is 14.2 Å². The van der Waals surface area contributed by atoms with E-state index in [1.807, 2.05) is 6.92 Å². The van der Waals surface area contributed by atoms with Gasteiger partial charge in [-0.15, -0.1) is 0 Å². The number of carbonyl (C=O) groups excluding carboxylic acids is 1. The van der Waals surface area contributed by atoms with Crippen molar-refractivity contribution in [3.8, 4) is 11.5 Å². The monoisotopic (exact) mass is 343 g/mol. The predicted molar refractivity (Wildman–Crippen MR) is 91.1 cm³/mol. The Hall–Kier alpha value is -1.76. The molecule has 0 aliphatic rings. The Balaban J connectivity index is 2.78. The van der Waals surface area contributed by atoms with E-state index in [2.05, 4.69) is 5.32 Å². The first-order chi connectivity index (χ1) is 10.8. The second-order valence-corrected chi connectivity index (χ2v) is 7.55. The van der Waals surface area contributed by atoms with Gasteiger partial charge in [0, 0.05) is 11.8 Å². The lowest BCUT2D eigenvalue weighted by atomic mass is 10.1. The Morgan fingerprint density at radius 3 is 2.30 bits per heavy atom. The average Bonchev–Trinajstić information content (AvgIpc) is 2.48. The quantitative estimate of drug-likeness (QED) is 0.697. The third-order valence-corrected chi connectivity index (χ3v) is 5.03. The lowest BCUT2D eigenvalue weighted by Gasteiger charge is -2.13. The van der Waals surface area contributed by atoms with Gasteiger partial charge in [-0.25, -0.2) is 8.42 Å². The Morgan fingerprint density at radius 1 is 1.13 bits per heavy atom. The molecule has 0 unspecified atom stereocenters. The number of anilines is 1. The number of aryl methyl sites for hydroxylation is 1. The molecule has 0 atom stereocenters. The molecular formula is C16H25NO5S. The summed E-state index contributed by atoms with van der Waals surface area (Å²) >= 11 is 0. The van der Waals surface area contributed by atoms with Gasteiger partial charge in [-0.3, -0.25) is 4.79 Å². The predicted octanol–water partition coefficient (Wildman–Crippen LogP) is 2.56. The summed E-state index contributed by atoms with van der Waals surface area (Å²) < 4.78 is 34.2. The number of hydrogen-bond donors (Lipinski definition) is 1. The molecule has 7 heteroatoms. The summed E-state index contributed by atoms with van der Waals surface area (Å²) in [5.74, 6) is 0.00939. The minimum Gasteiger partial charge on any atom is -0.493 e. The second-order valence-electron chi connectivity index (χ2n) is 5.37. The van der Waals surface area contributed by atoms with Gasteiger partial charge in [0.05, 0.1) is 20.0 Å². The molecule has 1 rings (SSSR count). The van der Waals surface area contributed by atoms with Crippen LogP contribution in [0.5, 0.6) is 11.5 Å². The van der Waals surface area contributed by atoms with Crippen molar-refractivity contribution in [2.75, 3.05) is 31.0 Å². The first kappa shape index (κ1) is 19.3. The number of ether oxygens (including phenoxy) is 2. The van der Waals surface area contributed by atoms with E-state index in [-0.39, 0.29) is 5.75 Å². The molecule has 0 aromatic heterocycles. The summed E-state index contributed by atoms with van der Waals surface area (Å²) in [7, 11) is -0.359. The maximum absolute atomic E-state index is 12.0. The summed E-state index contributed by atoms with van der Waals surface area (Å²) in [5.41, 5.74) is 1.27. The smallest absolute Gasteiger partial charge is 0.239 e. The lowest BCUT2D eigenvalue weighted by Crippen LogP contribution is -2.25. The van der Waals surface area contributed by atoms with E-state index in [9.17, 15) is 13.2 Å². The molecule has 0 spiro atoms. The third kappa shape index (κ3) is 6.09. The Bertz CT molecular complexity index is 640. The number of amides is 1. The second kappa shape index (κ2) is 8.76. The number of methoxy groups -OCH3 is 2. The molecule has 0 saturated carbocycles. The molecule has 0 aliphatic carbocycles. The van der Waals surface area contributed by atoms with Gasteiger partial charge in [0.1, 0.15) is 5.75 Å². The highest BCUT2D eigenvalue weighted by molar-refractivity contribution is 7.92. The normalized spacial score (nSPS) is 11.1. The van der Waals surface area contributed by atoms with Crippen molar-refractivity contribution in [2.45, 2.75) is 33.1 Å². The highest BCUT2D eigenvalue weighted by atomic mass is 32.2. The number of rotatable bonds is 9. The average molecular weight is 343 g/mol. The van der Waals surface area contributed by atoms with Gasteiger partial charge in [-0.2, -0.15) is 0 Å². The van der Waals surface area contributed by atoms with Crippen LogP contribution in [0.15, 0.2) is 12.1 Å². The maximum Gasteiger partial charge on any atom is 0.239 e. The molecule has 1 N–H and O–H groups in total. The largest absolute Gasteiger partial charge is 0.493 e. The van der Waals surface area contributed by atoms with Crippen molar-refractivity contribution in [2.24, 2.45) is 0 Å². The van der Waals surface area contributed by atoms with Crippen LogP contribution in [0.25, 0.3) is 0 Å². The molecule has 1 aromatic rings. The van der Waals surface area contributed by atoms with Crippen molar-refractivity contribution in [1.82, 2.24) is 0 Å². The molecular weight excluding hydrogens is 318 g/mol. The molecule has 0 saturated heterocycles. The van der Waals surface area contributed by atoms with E-state index < -0.39 is 21.5 Å². The number of unbranched alkanes of at least 4 members (excludes halogenated alkanes) is 2. The summed E-state index contributed by atoms with van der Waals surface area (Å²) in [4.78, 5) is 12.0. The summed E-state index contributed by atoms with van der Waals surface area (Å²) in [5, 5.41) is 2.63. The Labute approximate surface area is 138 Å². The van der Waals surface area contributed by atoms with Crippen LogP contribution >= 0.6 is 0 Å². The van der Waals surface area contributed by atoms with Gasteiger partial charge in [-0.05, 0) is 25.0 Å². The fourth-order valence-corrected chi connectivity index (χ4v) is 3.41. The highest BCUT2D eigenvalue weighted by Crippen LogP contribution is 2.32. The molecule has 0 fully saturated rings. The van der Waals surface area contributed by atoms with Crippen LogP contribution in [0.2, 0.25) is 0 Å². The highest BCUT2D eigenvalue weighted by Gasteiger charge is 2.18. The van der Waals surface area contributed by atoms with Crippen LogP contribution in [0.1, 0.15) is 31.7 Å². The number of benzene rings is 1. The van der Waals surface area contributed by atoms with Crippen LogP contribution < -0.4 is 14.8 Å². The van der Waals surface area contributed by atoms with Crippen LogP contribution in [-0.4, -0.2) is 40.1 Å². The first-order valence-corrected chi connectivity index (χ1v) is 9.38. The van der Waals surface area contributed by atoms with Crippen molar-refractivity contribution in [1.29, 1.82) is 0 Å². The third-order valence-electron chi connectivity index (χ3n) is 3.41. The molecule has 0 heterocycles. The Morgan fingerprint density at radius 2 is 1.74 bits per heavy atom. The van der Waals surface area contributed by atoms with E-state index in [1.54, 1.807) is 19.1 Å². The van der Waals surface area contributed by atoms with Crippen LogP contribution in [-0.2, 0) is 14.6 Å². The van der Waals surface area contributed by atoms with Crippen molar-refractivity contribution < 1.29 is 22.7 Å². The fraction of sp³-hybridized carbons (Fsp3) is 0.562. The zero-order chi connectivity index (χ0) is 17.5. The topological polar surface area (TPSA) is 81.7 Å². The van der Waals surface area contributed by atoms with E-state index >= 15 is 0 Å². The zero-order valence-electron chi connectivity index (χ0n) is 14.1. The van der Waals surface area contributed by atoms with Gasteiger partial charge in [-0.1, -0.05) is 19.8 Å². The number of hydrogen-bond acceptors (Lipinski definition) is 5. The minimum absolute atomic E-state index is 0.0408. The van der Waals surface area contributed by atoms with Crippen LogP contribution in [0.3, 0.4) is 0 Å². The van der Waals surface area contributed by atoms with E-state index in [0.717, 1.165) is 18.4 Å². The van der Waals surface area contributed by atoms with Gasteiger partial charge in [0.15, 0.2) is 21.3 Å². The van der Waals surface area contributed by atoms with Crippen LogP contribution in [0, 0.1) is 6.92 Å². The SMILES string of the molecule is CCCCCS(=O)(=O)CC(=O)Nc1cc(OC)c(OC)cc1C. The maximum atomic E-state index is 12.0. The molecule has 1 amide bonds. The van der Waals surface area contributed by atoms with Crippen molar-refractivity contribution >= 4 is 21.4 Å². The number of carbonyl (C=O) groups is 1. The molecule has 0 radical (unpaired) electrons. The van der Waals surface area contributed by atoms with Crippen molar-refractivity contribution in [3.05, 3.63) is 17.7 Å². The number of nitrogens with one attached hydrogen (secondary N) is 1. The van der Waals surface area contributed by atoms with Crippen LogP contribution in [0.4, 0.5) is 5.69 Å². The summed E-state index contributed by atoms with van der Waals surface area (Å²) in [6.07, 6.45) is 2.36.